The molecule has 0 aromatic carbocycles. The van der Waals surface area contributed by atoms with Crippen molar-refractivity contribution >= 4 is 0 Å². The van der Waals surface area contributed by atoms with Crippen LogP contribution in [0.2, 0.25) is 0 Å². The monoisotopic (exact) mass is 209 g/mol. The average molecular weight is 209 g/mol. The number of aliphatic hydroxyl groups is 1. The number of aromatic nitrogens is 2. The zero-order chi connectivity index (χ0) is 10.8. The molecule has 0 spiro atoms. The van der Waals surface area contributed by atoms with Gasteiger partial charge in [-0.15, -0.1) is 0 Å². The number of hydrogen-bond acceptors (Lipinski definition) is 3. The summed E-state index contributed by atoms with van der Waals surface area (Å²) in [5.41, 5.74) is 2.33. The van der Waals surface area contributed by atoms with Gasteiger partial charge in [0.25, 0.3) is 0 Å². The minimum absolute atomic E-state index is 0.135. The maximum atomic E-state index is 9.45. The quantitative estimate of drug-likeness (QED) is 0.799. The number of rotatable bonds is 3. The van der Waals surface area contributed by atoms with Gasteiger partial charge >= 0.3 is 0 Å². The highest BCUT2D eigenvalue weighted by Gasteiger charge is 2.21. The van der Waals surface area contributed by atoms with Gasteiger partial charge < -0.3 is 5.11 Å². The van der Waals surface area contributed by atoms with Crippen molar-refractivity contribution < 1.29 is 5.11 Å². The standard InChI is InChI=1S/C11H19N3O/c1-3-14-10(6-9(2)12-14)7-13-5-4-11(15)8-13/h6,11,15H,3-5,7-8H2,1-2H3. The Balaban J connectivity index is 2.03. The molecule has 1 aliphatic heterocycles. The lowest BCUT2D eigenvalue weighted by Gasteiger charge is -2.15. The summed E-state index contributed by atoms with van der Waals surface area (Å²) in [6, 6.07) is 2.13. The zero-order valence-electron chi connectivity index (χ0n) is 9.48. The van der Waals surface area contributed by atoms with Crippen LogP contribution in [0.4, 0.5) is 0 Å². The van der Waals surface area contributed by atoms with E-state index in [0.717, 1.165) is 38.3 Å². The molecule has 1 N–H and O–H groups in total. The second-order valence-electron chi connectivity index (χ2n) is 4.27. The Hall–Kier alpha value is -0.870. The fourth-order valence-corrected chi connectivity index (χ4v) is 2.19. The lowest BCUT2D eigenvalue weighted by atomic mass is 10.3. The van der Waals surface area contributed by atoms with E-state index in [-0.39, 0.29) is 6.10 Å². The molecule has 1 atom stereocenters. The molecule has 2 heterocycles. The molecule has 1 saturated heterocycles. The van der Waals surface area contributed by atoms with E-state index in [9.17, 15) is 5.11 Å². The molecular weight excluding hydrogens is 190 g/mol. The van der Waals surface area contributed by atoms with E-state index >= 15 is 0 Å². The van der Waals surface area contributed by atoms with Crippen LogP contribution in [0.25, 0.3) is 0 Å². The Kier molecular flexibility index (Phi) is 3.07. The Morgan fingerprint density at radius 1 is 1.60 bits per heavy atom. The molecule has 1 fully saturated rings. The van der Waals surface area contributed by atoms with Crippen LogP contribution < -0.4 is 0 Å². The molecule has 0 aliphatic carbocycles. The van der Waals surface area contributed by atoms with Gasteiger partial charge in [0.2, 0.25) is 0 Å². The van der Waals surface area contributed by atoms with E-state index in [4.69, 9.17) is 0 Å². The Morgan fingerprint density at radius 2 is 2.40 bits per heavy atom. The van der Waals surface area contributed by atoms with E-state index in [0.29, 0.717) is 0 Å². The molecule has 0 radical (unpaired) electrons. The second-order valence-corrected chi connectivity index (χ2v) is 4.27. The van der Waals surface area contributed by atoms with Crippen molar-refractivity contribution in [1.29, 1.82) is 0 Å². The minimum atomic E-state index is -0.135. The Morgan fingerprint density at radius 3 is 3.00 bits per heavy atom. The van der Waals surface area contributed by atoms with Crippen molar-refractivity contribution in [3.8, 4) is 0 Å². The second kappa shape index (κ2) is 4.33. The number of aryl methyl sites for hydroxylation is 2. The summed E-state index contributed by atoms with van der Waals surface area (Å²) < 4.78 is 2.04. The number of nitrogens with zero attached hydrogens (tertiary/aromatic N) is 3. The van der Waals surface area contributed by atoms with E-state index in [1.807, 2.05) is 11.6 Å². The first kappa shape index (κ1) is 10.6. The summed E-state index contributed by atoms with van der Waals surface area (Å²) >= 11 is 0. The maximum Gasteiger partial charge on any atom is 0.0679 e. The third kappa shape index (κ3) is 2.38. The highest BCUT2D eigenvalue weighted by atomic mass is 16.3. The van der Waals surface area contributed by atoms with E-state index in [1.165, 1.54) is 5.69 Å². The van der Waals surface area contributed by atoms with Crippen LogP contribution in [-0.4, -0.2) is 39.0 Å². The molecule has 2 rings (SSSR count). The largest absolute Gasteiger partial charge is 0.392 e. The maximum absolute atomic E-state index is 9.45. The molecule has 84 valence electrons. The molecule has 4 heteroatoms. The van der Waals surface area contributed by atoms with Crippen molar-refractivity contribution in [2.75, 3.05) is 13.1 Å². The molecule has 0 bridgehead atoms. The molecule has 1 aromatic rings. The lowest BCUT2D eigenvalue weighted by Crippen LogP contribution is -2.23. The van der Waals surface area contributed by atoms with Crippen molar-refractivity contribution in [2.24, 2.45) is 0 Å². The first-order valence-corrected chi connectivity index (χ1v) is 5.62. The van der Waals surface area contributed by atoms with Crippen LogP contribution in [0.1, 0.15) is 24.7 Å². The van der Waals surface area contributed by atoms with Gasteiger partial charge in [-0.25, -0.2) is 0 Å². The topological polar surface area (TPSA) is 41.3 Å². The Bertz CT molecular complexity index is 335. The molecule has 0 saturated carbocycles. The summed E-state index contributed by atoms with van der Waals surface area (Å²) in [7, 11) is 0. The number of likely N-dealkylation sites (tertiary alicyclic amines) is 1. The predicted molar refractivity (Wildman–Crippen MR) is 58.5 cm³/mol. The normalized spacial score (nSPS) is 22.5. The zero-order valence-corrected chi connectivity index (χ0v) is 9.48. The number of aliphatic hydroxyl groups excluding tert-OH is 1. The van der Waals surface area contributed by atoms with Crippen LogP contribution in [0, 0.1) is 6.92 Å². The first-order chi connectivity index (χ1) is 7.19. The summed E-state index contributed by atoms with van der Waals surface area (Å²) in [4.78, 5) is 2.28. The fraction of sp³-hybridized carbons (Fsp3) is 0.727. The minimum Gasteiger partial charge on any atom is -0.392 e. The van der Waals surface area contributed by atoms with Gasteiger partial charge in [-0.3, -0.25) is 9.58 Å². The van der Waals surface area contributed by atoms with Crippen LogP contribution >= 0.6 is 0 Å². The third-order valence-electron chi connectivity index (χ3n) is 2.92. The smallest absolute Gasteiger partial charge is 0.0679 e. The number of hydrogen-bond donors (Lipinski definition) is 1. The van der Waals surface area contributed by atoms with Gasteiger partial charge in [-0.2, -0.15) is 5.10 Å². The lowest BCUT2D eigenvalue weighted by molar-refractivity contribution is 0.174. The number of β-amino-alcohol motifs (C(OH)–C–C–N with tert-alkyl or cyclic N) is 1. The van der Waals surface area contributed by atoms with Crippen LogP contribution in [0.5, 0.6) is 0 Å². The van der Waals surface area contributed by atoms with E-state index < -0.39 is 0 Å². The highest BCUT2D eigenvalue weighted by molar-refractivity contribution is 5.09. The van der Waals surface area contributed by atoms with Crippen LogP contribution in [-0.2, 0) is 13.1 Å². The van der Waals surface area contributed by atoms with Crippen LogP contribution in [0.3, 0.4) is 0 Å². The van der Waals surface area contributed by atoms with E-state index in [1.54, 1.807) is 0 Å². The van der Waals surface area contributed by atoms with Gasteiger partial charge in [-0.1, -0.05) is 0 Å². The molecule has 1 aromatic heterocycles. The van der Waals surface area contributed by atoms with Crippen molar-refractivity contribution in [3.05, 3.63) is 17.5 Å². The first-order valence-electron chi connectivity index (χ1n) is 5.62. The van der Waals surface area contributed by atoms with Gasteiger partial charge in [-0.05, 0) is 26.3 Å². The molecular formula is C11H19N3O. The molecule has 1 aliphatic rings. The predicted octanol–water partition coefficient (Wildman–Crippen LogP) is 0.778. The summed E-state index contributed by atoms with van der Waals surface area (Å²) in [6.45, 7) is 7.75. The summed E-state index contributed by atoms with van der Waals surface area (Å²) in [5, 5.41) is 13.9. The SMILES string of the molecule is CCn1nc(C)cc1CN1CCC(O)C1. The van der Waals surface area contributed by atoms with Gasteiger partial charge in [0.15, 0.2) is 0 Å². The Labute approximate surface area is 90.5 Å². The van der Waals surface area contributed by atoms with Crippen molar-refractivity contribution in [1.82, 2.24) is 14.7 Å². The molecule has 4 nitrogen and oxygen atoms in total. The average Bonchev–Trinajstić information content (AvgIpc) is 2.73. The molecule has 1 unspecified atom stereocenters. The summed E-state index contributed by atoms with van der Waals surface area (Å²) in [6.07, 6.45) is 0.767. The molecule has 0 amide bonds. The van der Waals surface area contributed by atoms with Gasteiger partial charge in [0, 0.05) is 26.2 Å². The van der Waals surface area contributed by atoms with Gasteiger partial charge in [0.05, 0.1) is 17.5 Å². The fourth-order valence-electron chi connectivity index (χ4n) is 2.19. The van der Waals surface area contributed by atoms with Crippen molar-refractivity contribution in [2.45, 2.75) is 39.5 Å². The molecule has 15 heavy (non-hydrogen) atoms. The van der Waals surface area contributed by atoms with E-state index in [2.05, 4.69) is 23.0 Å². The highest BCUT2D eigenvalue weighted by Crippen LogP contribution is 2.14. The summed E-state index contributed by atoms with van der Waals surface area (Å²) in [5.74, 6) is 0. The van der Waals surface area contributed by atoms with Gasteiger partial charge in [0.1, 0.15) is 0 Å². The van der Waals surface area contributed by atoms with Crippen LogP contribution in [0.15, 0.2) is 6.07 Å². The van der Waals surface area contributed by atoms with Crippen molar-refractivity contribution in [3.63, 3.8) is 0 Å². The third-order valence-corrected chi connectivity index (χ3v) is 2.92.